The fourth-order valence-electron chi connectivity index (χ4n) is 2.26. The lowest BCUT2D eigenvalue weighted by Crippen LogP contribution is -2.38. The number of carbonyl (C=O) groups excluding carboxylic acids is 1. The van der Waals surface area contributed by atoms with Gasteiger partial charge in [0.15, 0.2) is 5.96 Å². The molecule has 0 fully saturated rings. The van der Waals surface area contributed by atoms with Gasteiger partial charge < -0.3 is 20.7 Å². The number of hydrogen-bond acceptors (Lipinski definition) is 3. The highest BCUT2D eigenvalue weighted by atomic mass is 127. The molecule has 0 aliphatic carbocycles. The van der Waals surface area contributed by atoms with Gasteiger partial charge in [0, 0.05) is 37.9 Å². The largest absolute Gasteiger partial charge is 0.382 e. The van der Waals surface area contributed by atoms with Gasteiger partial charge in [-0.3, -0.25) is 4.79 Å². The number of aliphatic imine (C=N–C) groups is 1. The van der Waals surface area contributed by atoms with Crippen molar-refractivity contribution in [2.24, 2.45) is 4.99 Å². The van der Waals surface area contributed by atoms with E-state index in [4.69, 9.17) is 4.74 Å². The van der Waals surface area contributed by atoms with E-state index in [1.165, 1.54) is 0 Å². The summed E-state index contributed by atoms with van der Waals surface area (Å²) in [5.74, 6) is 0.740. The third kappa shape index (κ3) is 11.2. The summed E-state index contributed by atoms with van der Waals surface area (Å²) in [5.41, 5.74) is 1.68. The van der Waals surface area contributed by atoms with Crippen LogP contribution in [0.25, 0.3) is 0 Å². The minimum Gasteiger partial charge on any atom is -0.382 e. The summed E-state index contributed by atoms with van der Waals surface area (Å²) in [5, 5.41) is 9.53. The molecule has 1 rings (SSSR count). The molecule has 1 amide bonds. The highest BCUT2D eigenvalue weighted by molar-refractivity contribution is 14.0. The summed E-state index contributed by atoms with van der Waals surface area (Å²) < 4.78 is 5.34. The lowest BCUT2D eigenvalue weighted by Gasteiger charge is -2.12. The number of amides is 1. The molecule has 154 valence electrons. The first-order chi connectivity index (χ1) is 12.6. The summed E-state index contributed by atoms with van der Waals surface area (Å²) in [6.07, 6.45) is 1.85. The van der Waals surface area contributed by atoms with Gasteiger partial charge in [-0.15, -0.1) is 24.0 Å². The van der Waals surface area contributed by atoms with E-state index in [1.807, 2.05) is 45.0 Å². The van der Waals surface area contributed by atoms with Crippen LogP contribution < -0.4 is 16.0 Å². The van der Waals surface area contributed by atoms with Crippen LogP contribution in [0.1, 0.15) is 56.5 Å². The van der Waals surface area contributed by atoms with Crippen LogP contribution in [-0.4, -0.2) is 44.2 Å². The zero-order valence-corrected chi connectivity index (χ0v) is 19.3. The molecule has 3 N–H and O–H groups in total. The molecule has 0 saturated carbocycles. The molecule has 1 atom stereocenters. The molecular weight excluding hydrogens is 455 g/mol. The maximum atomic E-state index is 12.3. The number of ether oxygens (including phenoxy) is 1. The number of rotatable bonds is 11. The first kappa shape index (κ1) is 25.6. The second-order valence-electron chi connectivity index (χ2n) is 6.16. The van der Waals surface area contributed by atoms with Gasteiger partial charge >= 0.3 is 0 Å². The van der Waals surface area contributed by atoms with Crippen LogP contribution in [0.3, 0.4) is 0 Å². The van der Waals surface area contributed by atoms with Crippen LogP contribution in [0.4, 0.5) is 0 Å². The molecule has 7 heteroatoms. The van der Waals surface area contributed by atoms with Crippen molar-refractivity contribution >= 4 is 35.8 Å². The van der Waals surface area contributed by atoms with Gasteiger partial charge in [-0.1, -0.05) is 19.1 Å². The van der Waals surface area contributed by atoms with Crippen molar-refractivity contribution in [1.82, 2.24) is 16.0 Å². The molecule has 0 heterocycles. The first-order valence-corrected chi connectivity index (χ1v) is 9.60. The minimum absolute atomic E-state index is 0. The Bertz CT molecular complexity index is 567. The first-order valence-electron chi connectivity index (χ1n) is 9.60. The zero-order valence-electron chi connectivity index (χ0n) is 17.0. The standard InChI is InChI=1S/C20H34N4O2.HI/c1-5-16(4)24-19(25)18-11-8-10-17(14-18)15-23-20(21-6-2)22-12-9-13-26-7-3;/h8,10-11,14,16H,5-7,9,12-13,15H2,1-4H3,(H,24,25)(H2,21,22,23);1H. The van der Waals surface area contributed by atoms with Crippen molar-refractivity contribution in [3.8, 4) is 0 Å². The Morgan fingerprint density at radius 3 is 2.67 bits per heavy atom. The third-order valence-corrected chi connectivity index (χ3v) is 3.91. The van der Waals surface area contributed by atoms with Crippen molar-refractivity contribution in [1.29, 1.82) is 0 Å². The van der Waals surface area contributed by atoms with Crippen LogP contribution in [0.2, 0.25) is 0 Å². The monoisotopic (exact) mass is 490 g/mol. The Labute approximate surface area is 181 Å². The number of nitrogens with zero attached hydrogens (tertiary/aromatic N) is 1. The Kier molecular flexibility index (Phi) is 14.9. The van der Waals surface area contributed by atoms with Crippen LogP contribution >= 0.6 is 24.0 Å². The second kappa shape index (κ2) is 15.7. The summed E-state index contributed by atoms with van der Waals surface area (Å²) in [7, 11) is 0. The smallest absolute Gasteiger partial charge is 0.251 e. The van der Waals surface area contributed by atoms with Gasteiger partial charge in [0.1, 0.15) is 0 Å². The Morgan fingerprint density at radius 2 is 2.00 bits per heavy atom. The van der Waals surface area contributed by atoms with Crippen LogP contribution in [-0.2, 0) is 11.3 Å². The molecule has 27 heavy (non-hydrogen) atoms. The lowest BCUT2D eigenvalue weighted by molar-refractivity contribution is 0.0939. The molecule has 1 aromatic carbocycles. The van der Waals surface area contributed by atoms with E-state index < -0.39 is 0 Å². The minimum atomic E-state index is -0.0360. The summed E-state index contributed by atoms with van der Waals surface area (Å²) in [6.45, 7) is 11.7. The van der Waals surface area contributed by atoms with E-state index in [-0.39, 0.29) is 35.9 Å². The zero-order chi connectivity index (χ0) is 19.2. The van der Waals surface area contributed by atoms with E-state index in [2.05, 4.69) is 27.9 Å². The van der Waals surface area contributed by atoms with Crippen molar-refractivity contribution in [2.75, 3.05) is 26.3 Å². The maximum absolute atomic E-state index is 12.3. The second-order valence-corrected chi connectivity index (χ2v) is 6.16. The van der Waals surface area contributed by atoms with Gasteiger partial charge in [-0.2, -0.15) is 0 Å². The highest BCUT2D eigenvalue weighted by Crippen LogP contribution is 2.07. The van der Waals surface area contributed by atoms with E-state index >= 15 is 0 Å². The molecule has 0 aliphatic heterocycles. The molecule has 0 aliphatic rings. The normalized spacial score (nSPS) is 12.1. The lowest BCUT2D eigenvalue weighted by atomic mass is 10.1. The molecule has 0 saturated heterocycles. The van der Waals surface area contributed by atoms with E-state index in [0.29, 0.717) is 12.1 Å². The van der Waals surface area contributed by atoms with Gasteiger partial charge in [-0.05, 0) is 51.3 Å². The number of guanidine groups is 1. The number of nitrogens with one attached hydrogen (secondary N) is 3. The quantitative estimate of drug-likeness (QED) is 0.193. The van der Waals surface area contributed by atoms with E-state index in [9.17, 15) is 4.79 Å². The third-order valence-electron chi connectivity index (χ3n) is 3.91. The van der Waals surface area contributed by atoms with Crippen LogP contribution in [0.5, 0.6) is 0 Å². The van der Waals surface area contributed by atoms with Crippen molar-refractivity contribution in [3.63, 3.8) is 0 Å². The molecule has 0 radical (unpaired) electrons. The average Bonchev–Trinajstić information content (AvgIpc) is 2.65. The predicted octanol–water partition coefficient (Wildman–Crippen LogP) is 3.31. The Hall–Kier alpha value is -1.35. The number of halogens is 1. The van der Waals surface area contributed by atoms with Crippen molar-refractivity contribution in [2.45, 2.75) is 53.1 Å². The van der Waals surface area contributed by atoms with Crippen molar-refractivity contribution in [3.05, 3.63) is 35.4 Å². The molecule has 0 bridgehead atoms. The van der Waals surface area contributed by atoms with Gasteiger partial charge in [0.25, 0.3) is 5.91 Å². The SMILES string of the molecule is CCNC(=NCc1cccc(C(=O)NC(C)CC)c1)NCCCOCC.I. The molecule has 1 unspecified atom stereocenters. The number of carbonyl (C=O) groups is 1. The summed E-state index contributed by atoms with van der Waals surface area (Å²) >= 11 is 0. The Balaban J connectivity index is 0.00000676. The fraction of sp³-hybridized carbons (Fsp3) is 0.600. The van der Waals surface area contributed by atoms with Crippen LogP contribution in [0, 0.1) is 0 Å². The summed E-state index contributed by atoms with van der Waals surface area (Å²) in [4.78, 5) is 16.9. The molecule has 0 aromatic heterocycles. The molecule has 0 spiro atoms. The Morgan fingerprint density at radius 1 is 1.22 bits per heavy atom. The molecule has 1 aromatic rings. The number of benzene rings is 1. The summed E-state index contributed by atoms with van der Waals surface area (Å²) in [6, 6.07) is 7.80. The van der Waals surface area contributed by atoms with Crippen LogP contribution in [0.15, 0.2) is 29.3 Å². The van der Waals surface area contributed by atoms with Gasteiger partial charge in [-0.25, -0.2) is 4.99 Å². The highest BCUT2D eigenvalue weighted by Gasteiger charge is 2.08. The fourth-order valence-corrected chi connectivity index (χ4v) is 2.26. The topological polar surface area (TPSA) is 74.8 Å². The van der Waals surface area contributed by atoms with Crippen molar-refractivity contribution < 1.29 is 9.53 Å². The van der Waals surface area contributed by atoms with Gasteiger partial charge in [0.2, 0.25) is 0 Å². The predicted molar refractivity (Wildman–Crippen MR) is 123 cm³/mol. The number of hydrogen-bond donors (Lipinski definition) is 3. The van der Waals surface area contributed by atoms with E-state index in [1.54, 1.807) is 0 Å². The molecular formula is C20H35IN4O2. The average molecular weight is 490 g/mol. The maximum Gasteiger partial charge on any atom is 0.251 e. The van der Waals surface area contributed by atoms with Gasteiger partial charge in [0.05, 0.1) is 6.54 Å². The molecule has 6 nitrogen and oxygen atoms in total. The van der Waals surface area contributed by atoms with E-state index in [0.717, 1.165) is 50.7 Å².